The molecule has 0 saturated heterocycles. The molecule has 148 valence electrons. The predicted molar refractivity (Wildman–Crippen MR) is 106 cm³/mol. The van der Waals surface area contributed by atoms with Gasteiger partial charge < -0.3 is 14.8 Å². The molecule has 0 spiro atoms. The molecule has 0 fully saturated rings. The van der Waals surface area contributed by atoms with Crippen molar-refractivity contribution in [2.45, 2.75) is 39.2 Å². The second-order valence-electron chi connectivity index (χ2n) is 6.56. The van der Waals surface area contributed by atoms with E-state index >= 15 is 0 Å². The van der Waals surface area contributed by atoms with E-state index < -0.39 is 23.8 Å². The van der Waals surface area contributed by atoms with E-state index in [1.54, 1.807) is 38.1 Å². The van der Waals surface area contributed by atoms with Crippen LogP contribution in [0.5, 0.6) is 0 Å². The van der Waals surface area contributed by atoms with Crippen molar-refractivity contribution in [2.24, 2.45) is 0 Å². The third-order valence-electron chi connectivity index (χ3n) is 3.99. The van der Waals surface area contributed by atoms with Gasteiger partial charge in [0, 0.05) is 5.69 Å². The minimum Gasteiger partial charge on any atom is -0.459 e. The van der Waals surface area contributed by atoms with Crippen LogP contribution in [0.2, 0.25) is 0 Å². The summed E-state index contributed by atoms with van der Waals surface area (Å²) in [4.78, 5) is 36.1. The first-order chi connectivity index (χ1) is 13.4. The SMILES string of the molecule is CC[C@H](C(=O)OCC(=O)Nc1ccc(C(=O)OC(C)C)cc1)c1ccccc1. The molecule has 0 aliphatic carbocycles. The lowest BCUT2D eigenvalue weighted by Crippen LogP contribution is -2.24. The fourth-order valence-electron chi connectivity index (χ4n) is 2.63. The number of amides is 1. The van der Waals surface area contributed by atoms with E-state index in [1.165, 1.54) is 0 Å². The number of ether oxygens (including phenoxy) is 2. The third kappa shape index (κ3) is 6.23. The van der Waals surface area contributed by atoms with E-state index in [1.807, 2.05) is 37.3 Å². The number of carbonyl (C=O) groups excluding carboxylic acids is 3. The van der Waals surface area contributed by atoms with E-state index in [2.05, 4.69) is 5.32 Å². The van der Waals surface area contributed by atoms with Gasteiger partial charge in [0.1, 0.15) is 0 Å². The van der Waals surface area contributed by atoms with E-state index in [0.717, 1.165) is 5.56 Å². The van der Waals surface area contributed by atoms with Gasteiger partial charge in [-0.05, 0) is 50.1 Å². The fourth-order valence-corrected chi connectivity index (χ4v) is 2.63. The summed E-state index contributed by atoms with van der Waals surface area (Å²) in [6.07, 6.45) is 0.377. The van der Waals surface area contributed by atoms with Crippen LogP contribution in [-0.4, -0.2) is 30.6 Å². The summed E-state index contributed by atoms with van der Waals surface area (Å²) < 4.78 is 10.3. The van der Waals surface area contributed by atoms with Crippen LogP contribution in [-0.2, 0) is 19.1 Å². The summed E-state index contributed by atoms with van der Waals surface area (Å²) in [6, 6.07) is 15.6. The van der Waals surface area contributed by atoms with Crippen LogP contribution in [0.3, 0.4) is 0 Å². The summed E-state index contributed by atoms with van der Waals surface area (Å²) in [5, 5.41) is 2.63. The number of hydrogen-bond donors (Lipinski definition) is 1. The molecule has 0 radical (unpaired) electrons. The normalized spacial score (nSPS) is 11.6. The Kier molecular flexibility index (Phi) is 7.75. The lowest BCUT2D eigenvalue weighted by molar-refractivity contribution is -0.149. The minimum absolute atomic E-state index is 0.204. The number of rotatable bonds is 8. The Morgan fingerprint density at radius 3 is 2.18 bits per heavy atom. The number of nitrogens with one attached hydrogen (secondary N) is 1. The molecule has 1 atom stereocenters. The number of carbonyl (C=O) groups is 3. The topological polar surface area (TPSA) is 81.7 Å². The largest absolute Gasteiger partial charge is 0.459 e. The van der Waals surface area contributed by atoms with Crippen LogP contribution in [0.1, 0.15) is 49.0 Å². The maximum absolute atomic E-state index is 12.3. The predicted octanol–water partition coefficient (Wildman–Crippen LogP) is 3.93. The zero-order chi connectivity index (χ0) is 20.5. The average molecular weight is 383 g/mol. The molecule has 0 aliphatic rings. The first kappa shape index (κ1) is 21.2. The van der Waals surface area contributed by atoms with Gasteiger partial charge in [-0.3, -0.25) is 9.59 Å². The Balaban J connectivity index is 1.86. The molecule has 2 aromatic carbocycles. The van der Waals surface area contributed by atoms with Crippen molar-refractivity contribution in [1.29, 1.82) is 0 Å². The summed E-state index contributed by atoms with van der Waals surface area (Å²) in [7, 11) is 0. The van der Waals surface area contributed by atoms with Gasteiger partial charge in [-0.2, -0.15) is 0 Å². The van der Waals surface area contributed by atoms with Crippen LogP contribution < -0.4 is 5.32 Å². The van der Waals surface area contributed by atoms with Gasteiger partial charge in [-0.1, -0.05) is 37.3 Å². The third-order valence-corrected chi connectivity index (χ3v) is 3.99. The number of benzene rings is 2. The minimum atomic E-state index is -0.450. The van der Waals surface area contributed by atoms with Gasteiger partial charge in [0.05, 0.1) is 17.6 Å². The highest BCUT2D eigenvalue weighted by atomic mass is 16.5. The van der Waals surface area contributed by atoms with Gasteiger partial charge in [0.25, 0.3) is 5.91 Å². The highest BCUT2D eigenvalue weighted by molar-refractivity contribution is 5.94. The van der Waals surface area contributed by atoms with Crippen molar-refractivity contribution in [1.82, 2.24) is 0 Å². The number of anilines is 1. The lowest BCUT2D eigenvalue weighted by Gasteiger charge is -2.14. The zero-order valence-corrected chi connectivity index (χ0v) is 16.3. The molecule has 0 bridgehead atoms. The zero-order valence-electron chi connectivity index (χ0n) is 16.3. The van der Waals surface area contributed by atoms with Crippen LogP contribution in [0.15, 0.2) is 54.6 Å². The summed E-state index contributed by atoms with van der Waals surface area (Å²) in [6.45, 7) is 5.06. The van der Waals surface area contributed by atoms with Gasteiger partial charge in [-0.15, -0.1) is 0 Å². The molecule has 0 unspecified atom stereocenters. The monoisotopic (exact) mass is 383 g/mol. The molecule has 0 aliphatic heterocycles. The van der Waals surface area contributed by atoms with E-state index in [0.29, 0.717) is 17.7 Å². The highest BCUT2D eigenvalue weighted by Crippen LogP contribution is 2.20. The second kappa shape index (κ2) is 10.3. The van der Waals surface area contributed by atoms with Crippen molar-refractivity contribution in [3.63, 3.8) is 0 Å². The van der Waals surface area contributed by atoms with Gasteiger partial charge >= 0.3 is 11.9 Å². The number of esters is 2. The van der Waals surface area contributed by atoms with Crippen LogP contribution in [0, 0.1) is 0 Å². The Morgan fingerprint density at radius 2 is 1.61 bits per heavy atom. The van der Waals surface area contributed by atoms with Crippen molar-refractivity contribution < 1.29 is 23.9 Å². The molecular weight excluding hydrogens is 358 g/mol. The van der Waals surface area contributed by atoms with Gasteiger partial charge in [0.15, 0.2) is 6.61 Å². The molecule has 2 rings (SSSR count). The fraction of sp³-hybridized carbons (Fsp3) is 0.318. The molecule has 0 aromatic heterocycles. The maximum atomic E-state index is 12.3. The average Bonchev–Trinajstić information content (AvgIpc) is 2.68. The van der Waals surface area contributed by atoms with Crippen molar-refractivity contribution in [3.8, 4) is 0 Å². The lowest BCUT2D eigenvalue weighted by atomic mass is 9.97. The van der Waals surface area contributed by atoms with Crippen molar-refractivity contribution >= 4 is 23.5 Å². The Labute approximate surface area is 164 Å². The van der Waals surface area contributed by atoms with Crippen LogP contribution in [0.25, 0.3) is 0 Å². The Morgan fingerprint density at radius 1 is 0.964 bits per heavy atom. The molecule has 6 heteroatoms. The molecule has 1 amide bonds. The molecule has 0 heterocycles. The first-order valence-electron chi connectivity index (χ1n) is 9.23. The molecule has 28 heavy (non-hydrogen) atoms. The Bertz CT molecular complexity index is 799. The first-order valence-corrected chi connectivity index (χ1v) is 9.23. The summed E-state index contributed by atoms with van der Waals surface area (Å²) in [5.74, 6) is -1.71. The molecular formula is C22H25NO5. The van der Waals surface area contributed by atoms with Gasteiger partial charge in [-0.25, -0.2) is 4.79 Å². The van der Waals surface area contributed by atoms with Crippen molar-refractivity contribution in [2.75, 3.05) is 11.9 Å². The summed E-state index contributed by atoms with van der Waals surface area (Å²) in [5.41, 5.74) is 1.75. The highest BCUT2D eigenvalue weighted by Gasteiger charge is 2.21. The number of hydrogen-bond acceptors (Lipinski definition) is 5. The quantitative estimate of drug-likeness (QED) is 0.699. The smallest absolute Gasteiger partial charge is 0.338 e. The molecule has 6 nitrogen and oxygen atoms in total. The summed E-state index contributed by atoms with van der Waals surface area (Å²) >= 11 is 0. The maximum Gasteiger partial charge on any atom is 0.338 e. The van der Waals surface area contributed by atoms with E-state index in [-0.39, 0.29) is 12.7 Å². The van der Waals surface area contributed by atoms with Crippen molar-refractivity contribution in [3.05, 3.63) is 65.7 Å². The standard InChI is InChI=1S/C22H25NO5/c1-4-19(16-8-6-5-7-9-16)22(26)27-14-20(24)23-18-12-10-17(11-13-18)21(25)28-15(2)3/h5-13,15,19H,4,14H2,1-3H3,(H,23,24)/t19-/m0/s1. The van der Waals surface area contributed by atoms with E-state index in [9.17, 15) is 14.4 Å². The second-order valence-corrected chi connectivity index (χ2v) is 6.56. The van der Waals surface area contributed by atoms with Crippen LogP contribution >= 0.6 is 0 Å². The van der Waals surface area contributed by atoms with E-state index in [4.69, 9.17) is 9.47 Å². The Hall–Kier alpha value is -3.15. The van der Waals surface area contributed by atoms with Gasteiger partial charge in [0.2, 0.25) is 0 Å². The molecule has 1 N–H and O–H groups in total. The van der Waals surface area contributed by atoms with Crippen LogP contribution in [0.4, 0.5) is 5.69 Å². The molecule has 2 aromatic rings. The molecule has 0 saturated carbocycles.